The molecule has 70 valence electrons. The summed E-state index contributed by atoms with van der Waals surface area (Å²) >= 11 is 0. The molecular formula is C9H18N2O. The number of nitrogens with zero attached hydrogens (tertiary/aromatic N) is 1. The molecule has 0 aromatic rings. The Morgan fingerprint density at radius 3 is 3.00 bits per heavy atom. The maximum atomic E-state index is 5.45. The van der Waals surface area contributed by atoms with E-state index in [1.54, 1.807) is 0 Å². The Labute approximate surface area is 74.1 Å². The Morgan fingerprint density at radius 2 is 2.42 bits per heavy atom. The average Bonchev–Trinajstić information content (AvgIpc) is 2.53. The summed E-state index contributed by atoms with van der Waals surface area (Å²) in [5.74, 6) is 0. The van der Waals surface area contributed by atoms with Crippen molar-refractivity contribution >= 4 is 0 Å². The lowest BCUT2D eigenvalue weighted by Gasteiger charge is -2.32. The highest BCUT2D eigenvalue weighted by atomic mass is 16.5. The topological polar surface area (TPSA) is 24.5 Å². The Hall–Kier alpha value is -0.120. The van der Waals surface area contributed by atoms with Gasteiger partial charge in [-0.25, -0.2) is 0 Å². The van der Waals surface area contributed by atoms with E-state index in [4.69, 9.17) is 4.74 Å². The lowest BCUT2D eigenvalue weighted by Crippen LogP contribution is -2.52. The third-order valence-corrected chi connectivity index (χ3v) is 2.99. The Balaban J connectivity index is 1.89. The van der Waals surface area contributed by atoms with E-state index in [0.29, 0.717) is 12.1 Å². The van der Waals surface area contributed by atoms with Gasteiger partial charge in [0.05, 0.1) is 13.2 Å². The molecule has 3 nitrogen and oxygen atoms in total. The van der Waals surface area contributed by atoms with Crippen LogP contribution in [0.4, 0.5) is 0 Å². The van der Waals surface area contributed by atoms with Crippen LogP contribution in [-0.4, -0.2) is 50.3 Å². The fraction of sp³-hybridized carbons (Fsp3) is 1.00. The van der Waals surface area contributed by atoms with Gasteiger partial charge in [0.1, 0.15) is 0 Å². The van der Waals surface area contributed by atoms with Crippen LogP contribution < -0.4 is 5.32 Å². The van der Waals surface area contributed by atoms with E-state index in [-0.39, 0.29) is 0 Å². The standard InChI is InChI=1S/C9H18N2O/c1-11-5-2-3-9(11)8-7-12-6-4-10-8/h8-10H,2-7H2,1H3/t8-,9-/m0/s1. The molecule has 2 heterocycles. The van der Waals surface area contributed by atoms with Crippen molar-refractivity contribution < 1.29 is 4.74 Å². The first kappa shape index (κ1) is 8.48. The van der Waals surface area contributed by atoms with Gasteiger partial charge in [0, 0.05) is 18.6 Å². The van der Waals surface area contributed by atoms with Gasteiger partial charge in [-0.15, -0.1) is 0 Å². The highest BCUT2D eigenvalue weighted by Gasteiger charge is 2.30. The molecule has 2 aliphatic heterocycles. The Kier molecular flexibility index (Phi) is 2.63. The molecule has 0 radical (unpaired) electrons. The summed E-state index contributed by atoms with van der Waals surface area (Å²) in [5, 5.41) is 3.52. The van der Waals surface area contributed by atoms with Crippen LogP contribution in [0.1, 0.15) is 12.8 Å². The summed E-state index contributed by atoms with van der Waals surface area (Å²) in [6, 6.07) is 1.29. The zero-order valence-corrected chi connectivity index (χ0v) is 7.75. The number of likely N-dealkylation sites (N-methyl/N-ethyl adjacent to an activating group) is 1. The number of likely N-dealkylation sites (tertiary alicyclic amines) is 1. The summed E-state index contributed by atoms with van der Waals surface area (Å²) in [5.41, 5.74) is 0. The van der Waals surface area contributed by atoms with Crippen LogP contribution in [0.15, 0.2) is 0 Å². The predicted molar refractivity (Wildman–Crippen MR) is 48.3 cm³/mol. The van der Waals surface area contributed by atoms with Gasteiger partial charge in [-0.3, -0.25) is 0 Å². The summed E-state index contributed by atoms with van der Waals surface area (Å²) in [7, 11) is 2.22. The second-order valence-corrected chi connectivity index (χ2v) is 3.83. The van der Waals surface area contributed by atoms with Gasteiger partial charge in [0.2, 0.25) is 0 Å². The summed E-state index contributed by atoms with van der Waals surface area (Å²) in [4.78, 5) is 2.45. The van der Waals surface area contributed by atoms with Crippen molar-refractivity contribution in [1.29, 1.82) is 0 Å². The first-order valence-electron chi connectivity index (χ1n) is 4.89. The van der Waals surface area contributed by atoms with Gasteiger partial charge >= 0.3 is 0 Å². The van der Waals surface area contributed by atoms with Gasteiger partial charge in [-0.05, 0) is 26.4 Å². The lowest BCUT2D eigenvalue weighted by atomic mass is 10.1. The van der Waals surface area contributed by atoms with Crippen molar-refractivity contribution in [2.75, 3.05) is 33.4 Å². The third kappa shape index (κ3) is 1.63. The highest BCUT2D eigenvalue weighted by molar-refractivity contribution is 4.88. The van der Waals surface area contributed by atoms with Gasteiger partial charge < -0.3 is 15.0 Å². The van der Waals surface area contributed by atoms with Gasteiger partial charge in [-0.1, -0.05) is 0 Å². The molecular weight excluding hydrogens is 152 g/mol. The number of hydrogen-bond acceptors (Lipinski definition) is 3. The number of rotatable bonds is 1. The van der Waals surface area contributed by atoms with Crippen LogP contribution in [0.5, 0.6) is 0 Å². The van der Waals surface area contributed by atoms with Gasteiger partial charge in [0.15, 0.2) is 0 Å². The average molecular weight is 170 g/mol. The van der Waals surface area contributed by atoms with Gasteiger partial charge in [-0.2, -0.15) is 0 Å². The summed E-state index contributed by atoms with van der Waals surface area (Å²) < 4.78 is 5.45. The molecule has 0 aliphatic carbocycles. The minimum atomic E-state index is 0.575. The molecule has 2 fully saturated rings. The van der Waals surface area contributed by atoms with E-state index in [0.717, 1.165) is 19.8 Å². The van der Waals surface area contributed by atoms with E-state index in [1.165, 1.54) is 19.4 Å². The van der Waals surface area contributed by atoms with E-state index in [2.05, 4.69) is 17.3 Å². The SMILES string of the molecule is CN1CCC[C@H]1[C@@H]1COCCN1. The minimum Gasteiger partial charge on any atom is -0.378 e. The van der Waals surface area contributed by atoms with E-state index in [1.807, 2.05) is 0 Å². The van der Waals surface area contributed by atoms with Crippen molar-refractivity contribution in [3.63, 3.8) is 0 Å². The molecule has 2 atom stereocenters. The molecule has 2 rings (SSSR count). The third-order valence-electron chi connectivity index (χ3n) is 2.99. The molecule has 0 aromatic heterocycles. The van der Waals surface area contributed by atoms with Crippen molar-refractivity contribution in [3.05, 3.63) is 0 Å². The Bertz CT molecular complexity index is 145. The first-order chi connectivity index (χ1) is 5.88. The molecule has 0 aromatic carbocycles. The number of nitrogens with one attached hydrogen (secondary N) is 1. The number of morpholine rings is 1. The molecule has 12 heavy (non-hydrogen) atoms. The molecule has 2 saturated heterocycles. The van der Waals surface area contributed by atoms with Crippen LogP contribution >= 0.6 is 0 Å². The highest BCUT2D eigenvalue weighted by Crippen LogP contribution is 2.19. The Morgan fingerprint density at radius 1 is 1.50 bits per heavy atom. The van der Waals surface area contributed by atoms with Gasteiger partial charge in [0.25, 0.3) is 0 Å². The fourth-order valence-electron chi connectivity index (χ4n) is 2.28. The predicted octanol–water partition coefficient (Wildman–Crippen LogP) is 0.0690. The fourth-order valence-corrected chi connectivity index (χ4v) is 2.28. The van der Waals surface area contributed by atoms with E-state index >= 15 is 0 Å². The molecule has 2 aliphatic rings. The zero-order valence-electron chi connectivity index (χ0n) is 7.75. The molecule has 0 spiro atoms. The summed E-state index contributed by atoms with van der Waals surface area (Å²) in [6.07, 6.45) is 2.68. The smallest absolute Gasteiger partial charge is 0.0635 e. The zero-order chi connectivity index (χ0) is 8.39. The van der Waals surface area contributed by atoms with Crippen LogP contribution in [0, 0.1) is 0 Å². The maximum Gasteiger partial charge on any atom is 0.0635 e. The largest absolute Gasteiger partial charge is 0.378 e. The molecule has 1 N–H and O–H groups in total. The maximum absolute atomic E-state index is 5.45. The van der Waals surface area contributed by atoms with Crippen LogP contribution in [-0.2, 0) is 4.74 Å². The monoisotopic (exact) mass is 170 g/mol. The summed E-state index contributed by atoms with van der Waals surface area (Å²) in [6.45, 7) is 4.06. The van der Waals surface area contributed by atoms with Crippen LogP contribution in [0.25, 0.3) is 0 Å². The number of hydrogen-bond donors (Lipinski definition) is 1. The number of ether oxygens (including phenoxy) is 1. The quantitative estimate of drug-likeness (QED) is 0.602. The van der Waals surface area contributed by atoms with Crippen molar-refractivity contribution in [2.45, 2.75) is 24.9 Å². The van der Waals surface area contributed by atoms with Crippen LogP contribution in [0.3, 0.4) is 0 Å². The molecule has 0 amide bonds. The van der Waals surface area contributed by atoms with E-state index in [9.17, 15) is 0 Å². The molecule has 0 bridgehead atoms. The van der Waals surface area contributed by atoms with Crippen molar-refractivity contribution in [2.24, 2.45) is 0 Å². The van der Waals surface area contributed by atoms with Crippen molar-refractivity contribution in [3.8, 4) is 0 Å². The van der Waals surface area contributed by atoms with E-state index < -0.39 is 0 Å². The minimum absolute atomic E-state index is 0.575. The molecule has 0 saturated carbocycles. The van der Waals surface area contributed by atoms with Crippen LogP contribution in [0.2, 0.25) is 0 Å². The second-order valence-electron chi connectivity index (χ2n) is 3.83. The van der Waals surface area contributed by atoms with Crippen molar-refractivity contribution in [1.82, 2.24) is 10.2 Å². The molecule has 3 heteroatoms. The first-order valence-corrected chi connectivity index (χ1v) is 4.89. The second kappa shape index (κ2) is 3.73. The lowest BCUT2D eigenvalue weighted by molar-refractivity contribution is 0.0502. The molecule has 0 unspecified atom stereocenters. The normalized spacial score (nSPS) is 38.8.